The SMILES string of the molecule is COc1ccccc1C1CNCCN1C(=O)CC1Sc2ccccc2NC1=O. The Kier molecular flexibility index (Phi) is 5.54. The summed E-state index contributed by atoms with van der Waals surface area (Å²) in [6.45, 7) is 2.01. The zero-order valence-corrected chi connectivity index (χ0v) is 16.5. The lowest BCUT2D eigenvalue weighted by molar-refractivity contribution is -0.135. The number of benzene rings is 2. The minimum Gasteiger partial charge on any atom is -0.496 e. The number of nitrogens with zero attached hydrogens (tertiary/aromatic N) is 1. The first-order valence-corrected chi connectivity index (χ1v) is 10.2. The van der Waals surface area contributed by atoms with Crippen LogP contribution in [0.1, 0.15) is 18.0 Å². The van der Waals surface area contributed by atoms with E-state index < -0.39 is 5.25 Å². The lowest BCUT2D eigenvalue weighted by Crippen LogP contribution is -2.49. The summed E-state index contributed by atoms with van der Waals surface area (Å²) in [6.07, 6.45) is 0.177. The van der Waals surface area contributed by atoms with Gasteiger partial charge < -0.3 is 20.3 Å². The Balaban J connectivity index is 1.52. The maximum atomic E-state index is 13.2. The van der Waals surface area contributed by atoms with E-state index in [9.17, 15) is 9.59 Å². The molecular formula is C21H23N3O3S. The maximum absolute atomic E-state index is 13.2. The molecule has 2 N–H and O–H groups in total. The van der Waals surface area contributed by atoms with Gasteiger partial charge in [0.25, 0.3) is 0 Å². The van der Waals surface area contributed by atoms with Crippen molar-refractivity contribution in [2.24, 2.45) is 0 Å². The van der Waals surface area contributed by atoms with Crippen LogP contribution in [0.4, 0.5) is 5.69 Å². The molecule has 6 nitrogen and oxygen atoms in total. The molecule has 2 aromatic rings. The Morgan fingerprint density at radius 2 is 2.00 bits per heavy atom. The summed E-state index contributed by atoms with van der Waals surface area (Å²) in [4.78, 5) is 28.5. The molecule has 0 radical (unpaired) electrons. The molecule has 2 atom stereocenters. The molecule has 2 unspecified atom stereocenters. The van der Waals surface area contributed by atoms with Crippen molar-refractivity contribution in [2.75, 3.05) is 32.1 Å². The molecule has 2 aliphatic rings. The van der Waals surface area contributed by atoms with Crippen molar-refractivity contribution in [1.29, 1.82) is 0 Å². The van der Waals surface area contributed by atoms with Gasteiger partial charge in [-0.1, -0.05) is 30.3 Å². The second-order valence-electron chi connectivity index (χ2n) is 6.85. The predicted molar refractivity (Wildman–Crippen MR) is 110 cm³/mol. The molecule has 0 aromatic heterocycles. The molecule has 28 heavy (non-hydrogen) atoms. The number of carbonyl (C=O) groups is 2. The summed E-state index contributed by atoms with van der Waals surface area (Å²) in [5.74, 6) is 0.651. The highest BCUT2D eigenvalue weighted by atomic mass is 32.2. The van der Waals surface area contributed by atoms with Crippen molar-refractivity contribution >= 4 is 29.3 Å². The molecule has 2 aromatic carbocycles. The quantitative estimate of drug-likeness (QED) is 0.830. The van der Waals surface area contributed by atoms with Crippen LogP contribution in [0, 0.1) is 0 Å². The van der Waals surface area contributed by atoms with Crippen molar-refractivity contribution in [3.8, 4) is 5.75 Å². The standard InChI is InChI=1S/C21H23N3O3S/c1-27-17-8-4-2-6-14(17)16-13-22-10-11-24(16)20(25)12-19-21(26)23-15-7-3-5-9-18(15)28-19/h2-9,16,19,22H,10-13H2,1H3,(H,23,26). The third-order valence-electron chi connectivity index (χ3n) is 5.13. The molecule has 0 aliphatic carbocycles. The van der Waals surface area contributed by atoms with Crippen LogP contribution in [-0.2, 0) is 9.59 Å². The number of carbonyl (C=O) groups excluding carboxylic acids is 2. The van der Waals surface area contributed by atoms with Gasteiger partial charge in [0.2, 0.25) is 11.8 Å². The van der Waals surface area contributed by atoms with Crippen molar-refractivity contribution in [1.82, 2.24) is 10.2 Å². The van der Waals surface area contributed by atoms with Gasteiger partial charge in [-0.25, -0.2) is 0 Å². The minimum atomic E-state index is -0.421. The highest BCUT2D eigenvalue weighted by molar-refractivity contribution is 8.01. The van der Waals surface area contributed by atoms with E-state index >= 15 is 0 Å². The highest BCUT2D eigenvalue weighted by Gasteiger charge is 2.34. The molecule has 2 aliphatic heterocycles. The van der Waals surface area contributed by atoms with E-state index in [2.05, 4.69) is 10.6 Å². The fraction of sp³-hybridized carbons (Fsp3) is 0.333. The van der Waals surface area contributed by atoms with E-state index in [0.717, 1.165) is 28.4 Å². The molecule has 0 bridgehead atoms. The number of hydrogen-bond acceptors (Lipinski definition) is 5. The Labute approximate surface area is 168 Å². The Morgan fingerprint density at radius 1 is 1.21 bits per heavy atom. The van der Waals surface area contributed by atoms with Crippen molar-refractivity contribution in [2.45, 2.75) is 22.6 Å². The van der Waals surface area contributed by atoms with Crippen molar-refractivity contribution in [3.05, 3.63) is 54.1 Å². The second kappa shape index (κ2) is 8.24. The van der Waals surface area contributed by atoms with E-state index in [-0.39, 0.29) is 24.3 Å². The lowest BCUT2D eigenvalue weighted by atomic mass is 10.0. The van der Waals surface area contributed by atoms with Gasteiger partial charge in [-0.2, -0.15) is 0 Å². The maximum Gasteiger partial charge on any atom is 0.238 e. The molecule has 4 rings (SSSR count). The normalized spacial score (nSPS) is 21.6. The number of hydrogen-bond donors (Lipinski definition) is 2. The predicted octanol–water partition coefficient (Wildman–Crippen LogP) is 2.67. The van der Waals surface area contributed by atoms with Crippen LogP contribution in [0.2, 0.25) is 0 Å². The van der Waals surface area contributed by atoms with Gasteiger partial charge in [0.1, 0.15) is 5.75 Å². The molecular weight excluding hydrogens is 374 g/mol. The third kappa shape index (κ3) is 3.72. The minimum absolute atomic E-state index is 0.00978. The van der Waals surface area contributed by atoms with E-state index in [1.165, 1.54) is 11.8 Å². The summed E-state index contributed by atoms with van der Waals surface area (Å²) in [6, 6.07) is 15.4. The van der Waals surface area contributed by atoms with Crippen LogP contribution in [0.5, 0.6) is 5.75 Å². The first-order chi connectivity index (χ1) is 13.7. The fourth-order valence-electron chi connectivity index (χ4n) is 3.73. The summed E-state index contributed by atoms with van der Waals surface area (Å²) >= 11 is 1.46. The molecule has 1 saturated heterocycles. The van der Waals surface area contributed by atoms with Crippen LogP contribution >= 0.6 is 11.8 Å². The number of thioether (sulfide) groups is 1. The summed E-state index contributed by atoms with van der Waals surface area (Å²) in [5.41, 5.74) is 1.80. The number of anilines is 1. The zero-order chi connectivity index (χ0) is 19.5. The number of methoxy groups -OCH3 is 1. The third-order valence-corrected chi connectivity index (χ3v) is 6.40. The van der Waals surface area contributed by atoms with E-state index in [0.29, 0.717) is 13.1 Å². The Morgan fingerprint density at radius 3 is 2.86 bits per heavy atom. The van der Waals surface area contributed by atoms with Gasteiger partial charge in [-0.05, 0) is 18.2 Å². The number of nitrogens with one attached hydrogen (secondary N) is 2. The average Bonchev–Trinajstić information content (AvgIpc) is 2.74. The molecule has 2 heterocycles. The van der Waals surface area contributed by atoms with Gasteiger partial charge in [-0.3, -0.25) is 9.59 Å². The van der Waals surface area contributed by atoms with Crippen LogP contribution in [-0.4, -0.2) is 48.7 Å². The monoisotopic (exact) mass is 397 g/mol. The lowest BCUT2D eigenvalue weighted by Gasteiger charge is -2.38. The van der Waals surface area contributed by atoms with Crippen molar-refractivity contribution in [3.63, 3.8) is 0 Å². The first kappa shape index (κ1) is 18.8. The van der Waals surface area contributed by atoms with E-state index in [1.807, 2.05) is 53.4 Å². The topological polar surface area (TPSA) is 70.7 Å². The zero-order valence-electron chi connectivity index (χ0n) is 15.7. The molecule has 0 spiro atoms. The molecule has 146 valence electrons. The molecule has 7 heteroatoms. The highest BCUT2D eigenvalue weighted by Crippen LogP contribution is 2.38. The van der Waals surface area contributed by atoms with Crippen molar-refractivity contribution < 1.29 is 14.3 Å². The van der Waals surface area contributed by atoms with Crippen LogP contribution in [0.3, 0.4) is 0 Å². The number of fused-ring (bicyclic) bond motifs is 1. The summed E-state index contributed by atoms with van der Waals surface area (Å²) < 4.78 is 5.50. The van der Waals surface area contributed by atoms with Crippen LogP contribution in [0.15, 0.2) is 53.4 Å². The number of piperazine rings is 1. The van der Waals surface area contributed by atoms with Gasteiger partial charge >= 0.3 is 0 Å². The van der Waals surface area contributed by atoms with E-state index in [1.54, 1.807) is 7.11 Å². The fourth-order valence-corrected chi connectivity index (χ4v) is 4.83. The summed E-state index contributed by atoms with van der Waals surface area (Å²) in [5, 5.41) is 5.86. The van der Waals surface area contributed by atoms with Crippen LogP contribution < -0.4 is 15.4 Å². The van der Waals surface area contributed by atoms with Gasteiger partial charge in [0, 0.05) is 36.5 Å². The molecule has 2 amide bonds. The van der Waals surface area contributed by atoms with Gasteiger partial charge in [0.15, 0.2) is 0 Å². The number of rotatable bonds is 4. The summed E-state index contributed by atoms with van der Waals surface area (Å²) in [7, 11) is 1.64. The Hall–Kier alpha value is -2.51. The smallest absolute Gasteiger partial charge is 0.238 e. The van der Waals surface area contributed by atoms with Gasteiger partial charge in [0.05, 0.1) is 24.1 Å². The first-order valence-electron chi connectivity index (χ1n) is 9.37. The van der Waals surface area contributed by atoms with Crippen LogP contribution in [0.25, 0.3) is 0 Å². The number of ether oxygens (including phenoxy) is 1. The number of para-hydroxylation sites is 2. The van der Waals surface area contributed by atoms with E-state index in [4.69, 9.17) is 4.74 Å². The molecule has 1 fully saturated rings. The second-order valence-corrected chi connectivity index (χ2v) is 8.09. The van der Waals surface area contributed by atoms with Gasteiger partial charge in [-0.15, -0.1) is 11.8 Å². The average molecular weight is 398 g/mol. The largest absolute Gasteiger partial charge is 0.496 e. The molecule has 0 saturated carbocycles. The number of amides is 2. The Bertz CT molecular complexity index is 889.